The SMILES string of the molecule is Cc1ccnc(C(C)(C)Cc2cc3ccccc3s2)c1. The minimum absolute atomic E-state index is 0.0624. The summed E-state index contributed by atoms with van der Waals surface area (Å²) >= 11 is 1.90. The zero-order valence-corrected chi connectivity index (χ0v) is 13.0. The molecule has 0 aliphatic rings. The van der Waals surface area contributed by atoms with E-state index in [0.29, 0.717) is 0 Å². The van der Waals surface area contributed by atoms with Gasteiger partial charge < -0.3 is 0 Å². The molecule has 0 saturated carbocycles. The van der Waals surface area contributed by atoms with Crippen molar-refractivity contribution in [3.05, 3.63) is 64.8 Å². The average molecular weight is 281 g/mol. The van der Waals surface area contributed by atoms with Gasteiger partial charge in [-0.05, 0) is 48.6 Å². The molecule has 3 aromatic rings. The third-order valence-corrected chi connectivity index (χ3v) is 4.82. The molecule has 0 atom stereocenters. The van der Waals surface area contributed by atoms with Crippen LogP contribution in [-0.4, -0.2) is 4.98 Å². The van der Waals surface area contributed by atoms with Crippen LogP contribution in [0.25, 0.3) is 10.1 Å². The third kappa shape index (κ3) is 2.61. The Morgan fingerprint density at radius 2 is 1.90 bits per heavy atom. The molecule has 2 heterocycles. The molecular weight excluding hydrogens is 262 g/mol. The van der Waals surface area contributed by atoms with Crippen LogP contribution in [0.1, 0.15) is 30.0 Å². The Kier molecular flexibility index (Phi) is 3.35. The fraction of sp³-hybridized carbons (Fsp3) is 0.278. The molecule has 0 amide bonds. The van der Waals surface area contributed by atoms with Crippen molar-refractivity contribution in [1.82, 2.24) is 4.98 Å². The molecule has 0 radical (unpaired) electrons. The van der Waals surface area contributed by atoms with E-state index in [9.17, 15) is 0 Å². The summed E-state index contributed by atoms with van der Waals surface area (Å²) in [6.45, 7) is 6.68. The molecule has 0 aliphatic heterocycles. The number of pyridine rings is 1. The van der Waals surface area contributed by atoms with E-state index in [1.54, 1.807) is 0 Å². The second-order valence-corrected chi connectivity index (χ2v) is 7.20. The average Bonchev–Trinajstić information content (AvgIpc) is 2.80. The molecule has 1 nitrogen and oxygen atoms in total. The van der Waals surface area contributed by atoms with Crippen LogP contribution in [0.2, 0.25) is 0 Å². The first-order valence-electron chi connectivity index (χ1n) is 6.95. The number of rotatable bonds is 3. The van der Waals surface area contributed by atoms with Gasteiger partial charge in [-0.25, -0.2) is 0 Å². The monoisotopic (exact) mass is 281 g/mol. The van der Waals surface area contributed by atoms with Crippen molar-refractivity contribution in [2.24, 2.45) is 0 Å². The summed E-state index contributed by atoms with van der Waals surface area (Å²) < 4.78 is 1.37. The Bertz CT molecular complexity index is 707. The number of aryl methyl sites for hydroxylation is 1. The van der Waals surface area contributed by atoms with Crippen molar-refractivity contribution < 1.29 is 0 Å². The molecule has 0 fully saturated rings. The zero-order valence-electron chi connectivity index (χ0n) is 12.2. The predicted molar refractivity (Wildman–Crippen MR) is 87.5 cm³/mol. The third-order valence-electron chi connectivity index (χ3n) is 3.70. The molecule has 1 aromatic carbocycles. The van der Waals surface area contributed by atoms with Gasteiger partial charge in [-0.2, -0.15) is 0 Å². The largest absolute Gasteiger partial charge is 0.261 e. The van der Waals surface area contributed by atoms with Crippen molar-refractivity contribution in [2.75, 3.05) is 0 Å². The molecule has 0 unspecified atom stereocenters. The second kappa shape index (κ2) is 5.02. The first-order chi connectivity index (χ1) is 9.54. The molecule has 20 heavy (non-hydrogen) atoms. The lowest BCUT2D eigenvalue weighted by molar-refractivity contribution is 0.509. The number of nitrogens with zero attached hydrogens (tertiary/aromatic N) is 1. The van der Waals surface area contributed by atoms with Crippen LogP contribution in [0, 0.1) is 6.92 Å². The van der Waals surface area contributed by atoms with E-state index < -0.39 is 0 Å². The van der Waals surface area contributed by atoms with Gasteiger partial charge in [0, 0.05) is 26.9 Å². The van der Waals surface area contributed by atoms with Crippen molar-refractivity contribution in [1.29, 1.82) is 0 Å². The highest BCUT2D eigenvalue weighted by Gasteiger charge is 2.23. The van der Waals surface area contributed by atoms with Gasteiger partial charge in [-0.1, -0.05) is 32.0 Å². The van der Waals surface area contributed by atoms with Gasteiger partial charge in [0.15, 0.2) is 0 Å². The Labute approximate surface area is 124 Å². The van der Waals surface area contributed by atoms with Gasteiger partial charge in [-0.3, -0.25) is 4.98 Å². The summed E-state index contributed by atoms with van der Waals surface area (Å²) in [6, 6.07) is 15.2. The molecule has 0 aliphatic carbocycles. The maximum Gasteiger partial charge on any atom is 0.0466 e. The first-order valence-corrected chi connectivity index (χ1v) is 7.77. The van der Waals surface area contributed by atoms with Crippen LogP contribution in [-0.2, 0) is 11.8 Å². The smallest absolute Gasteiger partial charge is 0.0466 e. The molecule has 0 N–H and O–H groups in total. The van der Waals surface area contributed by atoms with Crippen LogP contribution < -0.4 is 0 Å². The van der Waals surface area contributed by atoms with Crippen LogP contribution >= 0.6 is 11.3 Å². The fourth-order valence-electron chi connectivity index (χ4n) is 2.56. The van der Waals surface area contributed by atoms with Crippen LogP contribution in [0.15, 0.2) is 48.7 Å². The lowest BCUT2D eigenvalue weighted by atomic mass is 9.84. The maximum atomic E-state index is 4.57. The molecule has 3 rings (SSSR count). The van der Waals surface area contributed by atoms with Gasteiger partial charge in [-0.15, -0.1) is 11.3 Å². The van der Waals surface area contributed by atoms with Crippen LogP contribution in [0.3, 0.4) is 0 Å². The number of thiophene rings is 1. The van der Waals surface area contributed by atoms with E-state index >= 15 is 0 Å². The molecule has 0 spiro atoms. The number of fused-ring (bicyclic) bond motifs is 1. The summed E-state index contributed by atoms with van der Waals surface area (Å²) in [6.07, 6.45) is 2.94. The normalized spacial score (nSPS) is 11.9. The van der Waals surface area contributed by atoms with Gasteiger partial charge in [0.2, 0.25) is 0 Å². The summed E-state index contributed by atoms with van der Waals surface area (Å²) in [7, 11) is 0. The summed E-state index contributed by atoms with van der Waals surface area (Å²) in [5.74, 6) is 0. The predicted octanol–water partition coefficient (Wildman–Crippen LogP) is 5.13. The highest BCUT2D eigenvalue weighted by atomic mass is 32.1. The minimum Gasteiger partial charge on any atom is -0.261 e. The molecule has 0 saturated heterocycles. The van der Waals surface area contributed by atoms with Crippen LogP contribution in [0.4, 0.5) is 0 Å². The summed E-state index contributed by atoms with van der Waals surface area (Å²) in [4.78, 5) is 6.00. The lowest BCUT2D eigenvalue weighted by Crippen LogP contribution is -2.21. The zero-order chi connectivity index (χ0) is 14.2. The van der Waals surface area contributed by atoms with Crippen molar-refractivity contribution in [2.45, 2.75) is 32.6 Å². The van der Waals surface area contributed by atoms with E-state index in [1.165, 1.54) is 26.2 Å². The van der Waals surface area contributed by atoms with Crippen molar-refractivity contribution >= 4 is 21.4 Å². The minimum atomic E-state index is 0.0624. The highest BCUT2D eigenvalue weighted by Crippen LogP contribution is 2.32. The van der Waals surface area contributed by atoms with Gasteiger partial charge in [0.1, 0.15) is 0 Å². The van der Waals surface area contributed by atoms with E-state index in [2.05, 4.69) is 68.2 Å². The maximum absolute atomic E-state index is 4.57. The standard InChI is InChI=1S/C18H19NS/c1-13-8-9-19-17(10-13)18(2,3)12-15-11-14-6-4-5-7-16(14)20-15/h4-11H,12H2,1-3H3. The second-order valence-electron chi connectivity index (χ2n) is 6.03. The van der Waals surface area contributed by atoms with E-state index in [-0.39, 0.29) is 5.41 Å². The Balaban J connectivity index is 1.92. The number of hydrogen-bond acceptors (Lipinski definition) is 2. The molecule has 0 bridgehead atoms. The summed E-state index contributed by atoms with van der Waals surface area (Å²) in [5, 5.41) is 1.35. The Hall–Kier alpha value is -1.67. The number of hydrogen-bond donors (Lipinski definition) is 0. The summed E-state index contributed by atoms with van der Waals surface area (Å²) in [5.41, 5.74) is 2.52. The van der Waals surface area contributed by atoms with E-state index in [4.69, 9.17) is 0 Å². The Morgan fingerprint density at radius 3 is 2.65 bits per heavy atom. The number of benzene rings is 1. The highest BCUT2D eigenvalue weighted by molar-refractivity contribution is 7.19. The topological polar surface area (TPSA) is 12.9 Å². The molecular formula is C18H19NS. The van der Waals surface area contributed by atoms with Crippen molar-refractivity contribution in [3.8, 4) is 0 Å². The first kappa shape index (κ1) is 13.3. The van der Waals surface area contributed by atoms with Gasteiger partial charge >= 0.3 is 0 Å². The molecule has 2 aromatic heterocycles. The Morgan fingerprint density at radius 1 is 1.10 bits per heavy atom. The van der Waals surface area contributed by atoms with Crippen LogP contribution in [0.5, 0.6) is 0 Å². The van der Waals surface area contributed by atoms with Gasteiger partial charge in [0.05, 0.1) is 0 Å². The number of aromatic nitrogens is 1. The fourth-order valence-corrected chi connectivity index (χ4v) is 3.85. The van der Waals surface area contributed by atoms with E-state index in [0.717, 1.165) is 6.42 Å². The quantitative estimate of drug-likeness (QED) is 0.649. The molecule has 2 heteroatoms. The van der Waals surface area contributed by atoms with Gasteiger partial charge in [0.25, 0.3) is 0 Å². The van der Waals surface area contributed by atoms with E-state index in [1.807, 2.05) is 17.5 Å². The van der Waals surface area contributed by atoms with Crippen molar-refractivity contribution in [3.63, 3.8) is 0 Å². The molecule has 102 valence electrons. The lowest BCUT2D eigenvalue weighted by Gasteiger charge is -2.23.